The van der Waals surface area contributed by atoms with Crippen molar-refractivity contribution < 1.29 is 19.1 Å². The standard InChI is InChI=1S/C9H7FO3/c1-5-2-8(10)7(9(12)13)3-6(5)4-11/h2-4H,1H3,(H,12,13). The summed E-state index contributed by atoms with van der Waals surface area (Å²) in [5.41, 5.74) is 0.143. The number of aryl methyl sites for hydroxylation is 1. The van der Waals surface area contributed by atoms with Gasteiger partial charge in [0, 0.05) is 5.56 Å². The van der Waals surface area contributed by atoms with Gasteiger partial charge in [-0.2, -0.15) is 0 Å². The monoisotopic (exact) mass is 182 g/mol. The van der Waals surface area contributed by atoms with Crippen LogP contribution in [0.5, 0.6) is 0 Å². The van der Waals surface area contributed by atoms with E-state index in [9.17, 15) is 14.0 Å². The highest BCUT2D eigenvalue weighted by Gasteiger charge is 2.12. The summed E-state index contributed by atoms with van der Waals surface area (Å²) in [7, 11) is 0. The summed E-state index contributed by atoms with van der Waals surface area (Å²) in [6.07, 6.45) is 0.501. The molecule has 1 rings (SSSR count). The van der Waals surface area contributed by atoms with Crippen molar-refractivity contribution in [3.05, 3.63) is 34.6 Å². The van der Waals surface area contributed by atoms with Gasteiger partial charge in [-0.05, 0) is 24.6 Å². The molecule has 3 nitrogen and oxygen atoms in total. The molecule has 68 valence electrons. The van der Waals surface area contributed by atoms with E-state index < -0.39 is 17.3 Å². The molecule has 0 saturated heterocycles. The summed E-state index contributed by atoms with van der Waals surface area (Å²) in [6, 6.07) is 2.06. The van der Waals surface area contributed by atoms with Gasteiger partial charge in [0.15, 0.2) is 0 Å². The van der Waals surface area contributed by atoms with Gasteiger partial charge in [-0.15, -0.1) is 0 Å². The second kappa shape index (κ2) is 3.35. The van der Waals surface area contributed by atoms with Gasteiger partial charge < -0.3 is 5.11 Å². The zero-order valence-electron chi connectivity index (χ0n) is 6.87. The van der Waals surface area contributed by atoms with Crippen LogP contribution in [0.25, 0.3) is 0 Å². The molecule has 1 N–H and O–H groups in total. The third-order valence-corrected chi connectivity index (χ3v) is 1.71. The third-order valence-electron chi connectivity index (χ3n) is 1.71. The summed E-state index contributed by atoms with van der Waals surface area (Å²) in [4.78, 5) is 20.8. The average Bonchev–Trinajstić information content (AvgIpc) is 2.03. The molecule has 0 heterocycles. The number of aromatic carboxylic acids is 1. The third kappa shape index (κ3) is 1.72. The number of carboxylic acids is 1. The van der Waals surface area contributed by atoms with Gasteiger partial charge in [0.2, 0.25) is 0 Å². The van der Waals surface area contributed by atoms with Crippen LogP contribution in [0.4, 0.5) is 4.39 Å². The lowest BCUT2D eigenvalue weighted by molar-refractivity contribution is 0.0692. The van der Waals surface area contributed by atoms with Gasteiger partial charge in [-0.25, -0.2) is 9.18 Å². The number of carboxylic acid groups (broad SMARTS) is 1. The molecule has 0 amide bonds. The fourth-order valence-electron chi connectivity index (χ4n) is 0.980. The van der Waals surface area contributed by atoms with E-state index in [0.29, 0.717) is 11.8 Å². The molecule has 0 spiro atoms. The lowest BCUT2D eigenvalue weighted by Gasteiger charge is -2.01. The molecule has 0 saturated carbocycles. The minimum Gasteiger partial charge on any atom is -0.478 e. The quantitative estimate of drug-likeness (QED) is 0.707. The molecule has 0 atom stereocenters. The van der Waals surface area contributed by atoms with Crippen LogP contribution >= 0.6 is 0 Å². The first-order chi connectivity index (χ1) is 6.06. The van der Waals surface area contributed by atoms with E-state index in [4.69, 9.17) is 5.11 Å². The minimum absolute atomic E-state index is 0.193. The second-order valence-electron chi connectivity index (χ2n) is 2.61. The number of benzene rings is 1. The Bertz CT molecular complexity index is 371. The van der Waals surface area contributed by atoms with Gasteiger partial charge in [-0.3, -0.25) is 4.79 Å². The van der Waals surface area contributed by atoms with Crippen LogP contribution in [-0.2, 0) is 0 Å². The molecule has 0 radical (unpaired) electrons. The van der Waals surface area contributed by atoms with Gasteiger partial charge >= 0.3 is 5.97 Å². The van der Waals surface area contributed by atoms with Crippen molar-refractivity contribution in [2.24, 2.45) is 0 Å². The zero-order valence-corrected chi connectivity index (χ0v) is 6.87. The van der Waals surface area contributed by atoms with E-state index in [1.807, 2.05) is 0 Å². The normalized spacial score (nSPS) is 9.69. The summed E-state index contributed by atoms with van der Waals surface area (Å²) >= 11 is 0. The fraction of sp³-hybridized carbons (Fsp3) is 0.111. The predicted octanol–water partition coefficient (Wildman–Crippen LogP) is 1.64. The van der Waals surface area contributed by atoms with E-state index in [-0.39, 0.29) is 5.56 Å². The van der Waals surface area contributed by atoms with Crippen LogP contribution in [-0.4, -0.2) is 17.4 Å². The number of rotatable bonds is 2. The van der Waals surface area contributed by atoms with Gasteiger partial charge in [0.25, 0.3) is 0 Å². The van der Waals surface area contributed by atoms with E-state index in [0.717, 1.165) is 12.1 Å². The predicted molar refractivity (Wildman–Crippen MR) is 43.5 cm³/mol. The lowest BCUT2D eigenvalue weighted by atomic mass is 10.1. The number of hydrogen-bond donors (Lipinski definition) is 1. The maximum absolute atomic E-state index is 12.9. The summed E-state index contributed by atoms with van der Waals surface area (Å²) in [5.74, 6) is -2.20. The first-order valence-corrected chi connectivity index (χ1v) is 3.55. The Hall–Kier alpha value is -1.71. The van der Waals surface area contributed by atoms with Gasteiger partial charge in [-0.1, -0.05) is 0 Å². The molecule has 0 bridgehead atoms. The molecule has 0 aliphatic rings. The molecular weight excluding hydrogens is 175 g/mol. The Morgan fingerprint density at radius 3 is 2.62 bits per heavy atom. The second-order valence-corrected chi connectivity index (χ2v) is 2.61. The lowest BCUT2D eigenvalue weighted by Crippen LogP contribution is -2.03. The Morgan fingerprint density at radius 2 is 2.15 bits per heavy atom. The Morgan fingerprint density at radius 1 is 1.54 bits per heavy atom. The molecule has 0 aliphatic carbocycles. The molecule has 1 aromatic carbocycles. The van der Waals surface area contributed by atoms with Crippen LogP contribution < -0.4 is 0 Å². The van der Waals surface area contributed by atoms with Crippen molar-refractivity contribution in [2.45, 2.75) is 6.92 Å². The van der Waals surface area contributed by atoms with E-state index in [1.54, 1.807) is 6.92 Å². The van der Waals surface area contributed by atoms with Crippen molar-refractivity contribution in [1.82, 2.24) is 0 Å². The van der Waals surface area contributed by atoms with Crippen molar-refractivity contribution in [2.75, 3.05) is 0 Å². The molecule has 0 fully saturated rings. The number of carbonyl (C=O) groups is 2. The summed E-state index contributed by atoms with van der Waals surface area (Å²) in [5, 5.41) is 8.52. The van der Waals surface area contributed by atoms with Crippen molar-refractivity contribution in [3.8, 4) is 0 Å². The molecule has 1 aromatic rings. The van der Waals surface area contributed by atoms with Crippen molar-refractivity contribution in [3.63, 3.8) is 0 Å². The number of aldehydes is 1. The first kappa shape index (κ1) is 9.38. The average molecular weight is 182 g/mol. The highest BCUT2D eigenvalue weighted by Crippen LogP contribution is 2.13. The maximum atomic E-state index is 12.9. The van der Waals surface area contributed by atoms with E-state index in [2.05, 4.69) is 0 Å². The zero-order chi connectivity index (χ0) is 10.0. The highest BCUT2D eigenvalue weighted by molar-refractivity contribution is 5.91. The Balaban J connectivity index is 3.38. The molecule has 13 heavy (non-hydrogen) atoms. The molecule has 0 aromatic heterocycles. The maximum Gasteiger partial charge on any atom is 0.338 e. The fourth-order valence-corrected chi connectivity index (χ4v) is 0.980. The smallest absolute Gasteiger partial charge is 0.338 e. The first-order valence-electron chi connectivity index (χ1n) is 3.55. The number of halogens is 1. The van der Waals surface area contributed by atoms with Crippen LogP contribution in [0.15, 0.2) is 12.1 Å². The van der Waals surface area contributed by atoms with Crippen molar-refractivity contribution in [1.29, 1.82) is 0 Å². The van der Waals surface area contributed by atoms with E-state index >= 15 is 0 Å². The van der Waals surface area contributed by atoms with Crippen molar-refractivity contribution >= 4 is 12.3 Å². The van der Waals surface area contributed by atoms with Gasteiger partial charge in [0.1, 0.15) is 12.1 Å². The topological polar surface area (TPSA) is 54.4 Å². The Labute approximate surface area is 73.8 Å². The van der Waals surface area contributed by atoms with Crippen LogP contribution in [0.2, 0.25) is 0 Å². The van der Waals surface area contributed by atoms with E-state index in [1.165, 1.54) is 0 Å². The van der Waals surface area contributed by atoms with Crippen LogP contribution in [0.1, 0.15) is 26.3 Å². The van der Waals surface area contributed by atoms with Crippen LogP contribution in [0, 0.1) is 12.7 Å². The summed E-state index contributed by atoms with van der Waals surface area (Å²) < 4.78 is 12.9. The largest absolute Gasteiger partial charge is 0.478 e. The molecular formula is C9H7FO3. The molecule has 4 heteroatoms. The van der Waals surface area contributed by atoms with Crippen LogP contribution in [0.3, 0.4) is 0 Å². The minimum atomic E-state index is -1.37. The number of carbonyl (C=O) groups excluding carboxylic acids is 1. The Kier molecular flexibility index (Phi) is 2.41. The molecule has 0 unspecified atom stereocenters. The highest BCUT2D eigenvalue weighted by atomic mass is 19.1. The number of hydrogen-bond acceptors (Lipinski definition) is 2. The SMILES string of the molecule is Cc1cc(F)c(C(=O)O)cc1C=O. The molecule has 0 aliphatic heterocycles. The van der Waals surface area contributed by atoms with Gasteiger partial charge in [0.05, 0.1) is 5.56 Å². The summed E-state index contributed by atoms with van der Waals surface area (Å²) in [6.45, 7) is 1.54.